The van der Waals surface area contributed by atoms with E-state index in [1.54, 1.807) is 0 Å². The summed E-state index contributed by atoms with van der Waals surface area (Å²) >= 11 is 0. The van der Waals surface area contributed by atoms with Crippen molar-refractivity contribution in [1.82, 2.24) is 5.32 Å². The fraction of sp³-hybridized carbons (Fsp3) is 0.429. The molecule has 2 aromatic carbocycles. The SMILES string of the molecule is O=C(COC1CCCC1)NCC(Cc1cccc2ccccc12)C(=O)O. The van der Waals surface area contributed by atoms with Crippen molar-refractivity contribution >= 4 is 22.6 Å². The predicted molar refractivity (Wildman–Crippen MR) is 100.0 cm³/mol. The van der Waals surface area contributed by atoms with E-state index in [0.717, 1.165) is 42.0 Å². The molecule has 26 heavy (non-hydrogen) atoms. The van der Waals surface area contributed by atoms with E-state index in [9.17, 15) is 14.7 Å². The van der Waals surface area contributed by atoms with Crippen LogP contribution in [0.1, 0.15) is 31.2 Å². The van der Waals surface area contributed by atoms with Gasteiger partial charge in [-0.15, -0.1) is 0 Å². The van der Waals surface area contributed by atoms with Crippen molar-refractivity contribution in [3.63, 3.8) is 0 Å². The molecule has 0 spiro atoms. The molecule has 0 aromatic heterocycles. The Morgan fingerprint density at radius 2 is 1.85 bits per heavy atom. The standard InChI is InChI=1S/C21H25NO4/c23-20(14-26-18-9-2-3-10-18)22-13-17(21(24)25)12-16-8-5-7-15-6-1-4-11-19(15)16/h1,4-8,11,17-18H,2-3,9-10,12-14H2,(H,22,23)(H,24,25). The maximum Gasteiger partial charge on any atom is 0.308 e. The second-order valence-electron chi connectivity index (χ2n) is 6.90. The first-order valence-corrected chi connectivity index (χ1v) is 9.21. The van der Waals surface area contributed by atoms with Crippen molar-refractivity contribution in [3.8, 4) is 0 Å². The monoisotopic (exact) mass is 355 g/mol. The molecule has 0 bridgehead atoms. The molecule has 5 heteroatoms. The molecule has 2 N–H and O–H groups in total. The summed E-state index contributed by atoms with van der Waals surface area (Å²) in [7, 11) is 0. The summed E-state index contributed by atoms with van der Waals surface area (Å²) in [5.41, 5.74) is 0.979. The lowest BCUT2D eigenvalue weighted by atomic mass is 9.95. The van der Waals surface area contributed by atoms with Gasteiger partial charge in [-0.25, -0.2) is 0 Å². The molecule has 1 aliphatic carbocycles. The number of benzene rings is 2. The average molecular weight is 355 g/mol. The summed E-state index contributed by atoms with van der Waals surface area (Å²) in [5, 5.41) is 14.4. The zero-order chi connectivity index (χ0) is 18.4. The van der Waals surface area contributed by atoms with Crippen LogP contribution in [-0.4, -0.2) is 36.2 Å². The predicted octanol–water partition coefficient (Wildman–Crippen LogP) is 3.16. The normalized spacial score (nSPS) is 15.8. The average Bonchev–Trinajstić information content (AvgIpc) is 3.17. The fourth-order valence-corrected chi connectivity index (χ4v) is 3.52. The first-order chi connectivity index (χ1) is 12.6. The Bertz CT molecular complexity index is 762. The number of carboxylic acids is 1. The number of rotatable bonds is 8. The fourth-order valence-electron chi connectivity index (χ4n) is 3.52. The molecule has 2 aromatic rings. The molecule has 1 atom stereocenters. The number of fused-ring (bicyclic) bond motifs is 1. The summed E-state index contributed by atoms with van der Waals surface area (Å²) < 4.78 is 5.57. The Morgan fingerprint density at radius 1 is 1.12 bits per heavy atom. The van der Waals surface area contributed by atoms with Gasteiger partial charge in [0.15, 0.2) is 0 Å². The maximum absolute atomic E-state index is 12.0. The molecule has 0 aliphatic heterocycles. The number of carbonyl (C=O) groups is 2. The van der Waals surface area contributed by atoms with Gasteiger partial charge in [0.1, 0.15) is 6.61 Å². The van der Waals surface area contributed by atoms with Crippen LogP contribution < -0.4 is 5.32 Å². The van der Waals surface area contributed by atoms with E-state index >= 15 is 0 Å². The van der Waals surface area contributed by atoms with Crippen molar-refractivity contribution in [2.75, 3.05) is 13.2 Å². The van der Waals surface area contributed by atoms with E-state index in [2.05, 4.69) is 5.32 Å². The maximum atomic E-state index is 12.0. The molecular weight excluding hydrogens is 330 g/mol. The largest absolute Gasteiger partial charge is 0.481 e. The highest BCUT2D eigenvalue weighted by Gasteiger charge is 2.21. The minimum atomic E-state index is -0.907. The van der Waals surface area contributed by atoms with Gasteiger partial charge in [0.25, 0.3) is 0 Å². The molecule has 0 saturated heterocycles. The molecule has 3 rings (SSSR count). The molecule has 1 unspecified atom stereocenters. The molecule has 5 nitrogen and oxygen atoms in total. The van der Waals surface area contributed by atoms with Crippen LogP contribution in [-0.2, 0) is 20.7 Å². The van der Waals surface area contributed by atoms with Gasteiger partial charge in [0.05, 0.1) is 12.0 Å². The zero-order valence-electron chi connectivity index (χ0n) is 14.8. The number of ether oxygens (including phenoxy) is 1. The minimum Gasteiger partial charge on any atom is -0.481 e. The molecule has 138 valence electrons. The van der Waals surface area contributed by atoms with Crippen LogP contribution in [0.4, 0.5) is 0 Å². The van der Waals surface area contributed by atoms with Crippen LogP contribution in [0.25, 0.3) is 10.8 Å². The third-order valence-electron chi connectivity index (χ3n) is 4.99. The second-order valence-corrected chi connectivity index (χ2v) is 6.90. The second kappa shape index (κ2) is 8.81. The molecule has 1 saturated carbocycles. The van der Waals surface area contributed by atoms with E-state index in [0.29, 0.717) is 6.42 Å². The Labute approximate surface area is 153 Å². The summed E-state index contributed by atoms with van der Waals surface area (Å²) in [6.45, 7) is 0.108. The summed E-state index contributed by atoms with van der Waals surface area (Å²) in [6, 6.07) is 13.8. The van der Waals surface area contributed by atoms with Crippen LogP contribution in [0.2, 0.25) is 0 Å². The highest BCUT2D eigenvalue weighted by atomic mass is 16.5. The van der Waals surface area contributed by atoms with Crippen LogP contribution in [0.3, 0.4) is 0 Å². The van der Waals surface area contributed by atoms with E-state index in [1.807, 2.05) is 42.5 Å². The number of aliphatic carboxylic acids is 1. The van der Waals surface area contributed by atoms with Crippen molar-refractivity contribution in [2.45, 2.75) is 38.2 Å². The quantitative estimate of drug-likeness (QED) is 0.763. The smallest absolute Gasteiger partial charge is 0.308 e. The highest BCUT2D eigenvalue weighted by molar-refractivity contribution is 5.86. The Kier molecular flexibility index (Phi) is 6.23. The van der Waals surface area contributed by atoms with Crippen LogP contribution >= 0.6 is 0 Å². The topological polar surface area (TPSA) is 75.6 Å². The lowest BCUT2D eigenvalue weighted by Crippen LogP contribution is -2.36. The molecule has 0 radical (unpaired) electrons. The first-order valence-electron chi connectivity index (χ1n) is 9.21. The molecule has 0 heterocycles. The number of carbonyl (C=O) groups excluding carboxylic acids is 1. The van der Waals surface area contributed by atoms with Gasteiger partial charge in [0, 0.05) is 6.54 Å². The molecule has 1 amide bonds. The summed E-state index contributed by atoms with van der Waals surface area (Å²) in [5.74, 6) is -1.83. The molecule has 1 fully saturated rings. The Hall–Kier alpha value is -2.40. The van der Waals surface area contributed by atoms with E-state index in [1.165, 1.54) is 0 Å². The van der Waals surface area contributed by atoms with Gasteiger partial charge in [-0.3, -0.25) is 9.59 Å². The van der Waals surface area contributed by atoms with Crippen molar-refractivity contribution in [1.29, 1.82) is 0 Å². The lowest BCUT2D eigenvalue weighted by Gasteiger charge is -2.16. The van der Waals surface area contributed by atoms with E-state index in [4.69, 9.17) is 4.74 Å². The zero-order valence-corrected chi connectivity index (χ0v) is 14.8. The van der Waals surface area contributed by atoms with Crippen molar-refractivity contribution < 1.29 is 19.4 Å². The third kappa shape index (κ3) is 4.82. The molecular formula is C21H25NO4. The van der Waals surface area contributed by atoms with Crippen LogP contribution in [0.15, 0.2) is 42.5 Å². The van der Waals surface area contributed by atoms with Crippen molar-refractivity contribution in [3.05, 3.63) is 48.0 Å². The molecule has 1 aliphatic rings. The number of hydrogen-bond acceptors (Lipinski definition) is 3. The Balaban J connectivity index is 1.56. The van der Waals surface area contributed by atoms with Gasteiger partial charge in [-0.05, 0) is 35.6 Å². The third-order valence-corrected chi connectivity index (χ3v) is 4.99. The summed E-state index contributed by atoms with van der Waals surface area (Å²) in [4.78, 5) is 23.6. The Morgan fingerprint density at radius 3 is 2.62 bits per heavy atom. The van der Waals surface area contributed by atoms with Gasteiger partial charge in [-0.2, -0.15) is 0 Å². The van der Waals surface area contributed by atoms with Gasteiger partial charge >= 0.3 is 5.97 Å². The van der Waals surface area contributed by atoms with E-state index < -0.39 is 11.9 Å². The van der Waals surface area contributed by atoms with Crippen molar-refractivity contribution in [2.24, 2.45) is 5.92 Å². The van der Waals surface area contributed by atoms with E-state index in [-0.39, 0.29) is 25.2 Å². The lowest BCUT2D eigenvalue weighted by molar-refractivity contribution is -0.141. The number of hydrogen-bond donors (Lipinski definition) is 2. The minimum absolute atomic E-state index is 0.00523. The first kappa shape index (κ1) is 18.4. The van der Waals surface area contributed by atoms with Crippen LogP contribution in [0.5, 0.6) is 0 Å². The number of amides is 1. The van der Waals surface area contributed by atoms with Crippen LogP contribution in [0, 0.1) is 5.92 Å². The number of carboxylic acid groups (broad SMARTS) is 1. The highest BCUT2D eigenvalue weighted by Crippen LogP contribution is 2.22. The van der Waals surface area contributed by atoms with Gasteiger partial charge < -0.3 is 15.2 Å². The number of nitrogens with one attached hydrogen (secondary N) is 1. The summed E-state index contributed by atoms with van der Waals surface area (Å²) in [6.07, 6.45) is 4.86. The van der Waals surface area contributed by atoms with Gasteiger partial charge in [0.2, 0.25) is 5.91 Å². The van der Waals surface area contributed by atoms with Gasteiger partial charge in [-0.1, -0.05) is 55.3 Å².